The fraction of sp³-hybridized carbons (Fsp3) is 0.500. The third-order valence-corrected chi connectivity index (χ3v) is 2.28. The van der Waals surface area contributed by atoms with Gasteiger partial charge in [-0.2, -0.15) is 0 Å². The molecule has 4 nitrogen and oxygen atoms in total. The van der Waals surface area contributed by atoms with E-state index in [4.69, 9.17) is 9.15 Å². The van der Waals surface area contributed by atoms with Gasteiger partial charge in [-0.25, -0.2) is 0 Å². The zero-order valence-corrected chi connectivity index (χ0v) is 8.10. The van der Waals surface area contributed by atoms with Crippen LogP contribution in [-0.2, 0) is 4.74 Å². The highest BCUT2D eigenvalue weighted by molar-refractivity contribution is 5.71. The standard InChI is InChI=1S/C10H13NO3/c1-8-6-11(4-5-13-8)10-3-2-9(7-12)14-10/h2-3,7-8H,4-6H2,1H3. The zero-order valence-electron chi connectivity index (χ0n) is 8.10. The van der Waals surface area contributed by atoms with Crippen molar-refractivity contribution in [2.75, 3.05) is 24.6 Å². The van der Waals surface area contributed by atoms with Crippen LogP contribution in [0.4, 0.5) is 5.88 Å². The summed E-state index contributed by atoms with van der Waals surface area (Å²) in [6.45, 7) is 4.36. The summed E-state index contributed by atoms with van der Waals surface area (Å²) in [4.78, 5) is 12.5. The lowest BCUT2D eigenvalue weighted by Gasteiger charge is -2.30. The Morgan fingerprint density at radius 1 is 1.57 bits per heavy atom. The summed E-state index contributed by atoms with van der Waals surface area (Å²) in [6.07, 6.45) is 0.932. The molecule has 0 amide bonds. The van der Waals surface area contributed by atoms with Crippen molar-refractivity contribution in [3.63, 3.8) is 0 Å². The molecule has 0 aliphatic carbocycles. The molecule has 4 heteroatoms. The maximum absolute atomic E-state index is 10.4. The molecule has 1 aliphatic heterocycles. The van der Waals surface area contributed by atoms with Crippen LogP contribution >= 0.6 is 0 Å². The first-order valence-electron chi connectivity index (χ1n) is 4.71. The summed E-state index contributed by atoms with van der Waals surface area (Å²) in [7, 11) is 0. The minimum absolute atomic E-state index is 0.216. The Bertz CT molecular complexity index is 321. The fourth-order valence-corrected chi connectivity index (χ4v) is 1.59. The third-order valence-electron chi connectivity index (χ3n) is 2.28. The number of carbonyl (C=O) groups excluding carboxylic acids is 1. The third kappa shape index (κ3) is 1.80. The number of hydrogen-bond donors (Lipinski definition) is 0. The van der Waals surface area contributed by atoms with Gasteiger partial charge in [0.2, 0.25) is 0 Å². The van der Waals surface area contributed by atoms with E-state index in [0.29, 0.717) is 18.7 Å². The van der Waals surface area contributed by atoms with Crippen LogP contribution in [-0.4, -0.2) is 32.1 Å². The lowest BCUT2D eigenvalue weighted by molar-refractivity contribution is 0.0517. The number of hydrogen-bond acceptors (Lipinski definition) is 4. The van der Waals surface area contributed by atoms with Gasteiger partial charge in [-0.3, -0.25) is 4.79 Å². The molecular weight excluding hydrogens is 182 g/mol. The molecule has 0 bridgehead atoms. The van der Waals surface area contributed by atoms with Gasteiger partial charge >= 0.3 is 0 Å². The van der Waals surface area contributed by atoms with Crippen LogP contribution in [0, 0.1) is 0 Å². The molecule has 1 fully saturated rings. The van der Waals surface area contributed by atoms with E-state index in [1.54, 1.807) is 6.07 Å². The van der Waals surface area contributed by atoms with Crippen molar-refractivity contribution in [2.24, 2.45) is 0 Å². The van der Waals surface area contributed by atoms with Crippen molar-refractivity contribution < 1.29 is 13.9 Å². The summed E-state index contributed by atoms with van der Waals surface area (Å²) in [5, 5.41) is 0. The molecule has 1 saturated heterocycles. The predicted molar refractivity (Wildman–Crippen MR) is 51.7 cm³/mol. The molecule has 0 aromatic carbocycles. The van der Waals surface area contributed by atoms with Crippen molar-refractivity contribution in [3.8, 4) is 0 Å². The number of anilines is 1. The van der Waals surface area contributed by atoms with Crippen molar-refractivity contribution in [1.29, 1.82) is 0 Å². The predicted octanol–water partition coefficient (Wildman–Crippen LogP) is 1.32. The Morgan fingerprint density at radius 2 is 2.43 bits per heavy atom. The number of ether oxygens (including phenoxy) is 1. The molecule has 2 rings (SSSR count). The van der Waals surface area contributed by atoms with Crippen molar-refractivity contribution >= 4 is 12.2 Å². The quantitative estimate of drug-likeness (QED) is 0.667. The number of carbonyl (C=O) groups is 1. The molecule has 1 aromatic heterocycles. The van der Waals surface area contributed by atoms with Gasteiger partial charge in [0.25, 0.3) is 0 Å². The Morgan fingerprint density at radius 3 is 3.07 bits per heavy atom. The monoisotopic (exact) mass is 195 g/mol. The largest absolute Gasteiger partial charge is 0.438 e. The first-order chi connectivity index (χ1) is 6.79. The second kappa shape index (κ2) is 3.84. The lowest BCUT2D eigenvalue weighted by atomic mass is 10.3. The second-order valence-electron chi connectivity index (χ2n) is 3.42. The molecule has 0 N–H and O–H groups in total. The van der Waals surface area contributed by atoms with Gasteiger partial charge in [0.1, 0.15) is 0 Å². The molecule has 0 saturated carbocycles. The molecule has 14 heavy (non-hydrogen) atoms. The topological polar surface area (TPSA) is 42.7 Å². The molecule has 1 aromatic rings. The van der Waals surface area contributed by atoms with E-state index >= 15 is 0 Å². The molecule has 0 radical (unpaired) electrons. The normalized spacial score (nSPS) is 22.4. The smallest absolute Gasteiger partial charge is 0.196 e. The van der Waals surface area contributed by atoms with Crippen molar-refractivity contribution in [2.45, 2.75) is 13.0 Å². The number of rotatable bonds is 2. The van der Waals surface area contributed by atoms with E-state index < -0.39 is 0 Å². The van der Waals surface area contributed by atoms with E-state index in [1.807, 2.05) is 13.0 Å². The van der Waals surface area contributed by atoms with Crippen LogP contribution in [0.1, 0.15) is 17.5 Å². The average Bonchev–Trinajstić information content (AvgIpc) is 2.66. The SMILES string of the molecule is CC1CN(c2ccc(C=O)o2)CCO1. The van der Waals surface area contributed by atoms with Crippen LogP contribution in [0.3, 0.4) is 0 Å². The Labute approximate surface area is 82.4 Å². The minimum atomic E-state index is 0.216. The van der Waals surface area contributed by atoms with Crippen LogP contribution < -0.4 is 4.90 Å². The molecule has 1 atom stereocenters. The highest BCUT2D eigenvalue weighted by atomic mass is 16.5. The number of nitrogens with zero attached hydrogens (tertiary/aromatic N) is 1. The van der Waals surface area contributed by atoms with E-state index in [1.165, 1.54) is 0 Å². The number of furan rings is 1. The van der Waals surface area contributed by atoms with Crippen molar-refractivity contribution in [3.05, 3.63) is 17.9 Å². The fourth-order valence-electron chi connectivity index (χ4n) is 1.59. The van der Waals surface area contributed by atoms with Gasteiger partial charge in [0.15, 0.2) is 17.9 Å². The lowest BCUT2D eigenvalue weighted by Crippen LogP contribution is -2.40. The van der Waals surface area contributed by atoms with Gasteiger partial charge < -0.3 is 14.1 Å². The number of aldehydes is 1. The minimum Gasteiger partial charge on any atom is -0.438 e. The van der Waals surface area contributed by atoms with E-state index in [0.717, 1.165) is 19.0 Å². The van der Waals surface area contributed by atoms with E-state index in [-0.39, 0.29) is 6.10 Å². The van der Waals surface area contributed by atoms with Gasteiger partial charge in [-0.15, -0.1) is 0 Å². The molecule has 76 valence electrons. The maximum Gasteiger partial charge on any atom is 0.196 e. The highest BCUT2D eigenvalue weighted by Crippen LogP contribution is 2.19. The summed E-state index contributed by atoms with van der Waals surface area (Å²) in [5.74, 6) is 1.13. The molecular formula is C10H13NO3. The Kier molecular flexibility index (Phi) is 2.54. The second-order valence-corrected chi connectivity index (χ2v) is 3.42. The maximum atomic E-state index is 10.4. The zero-order chi connectivity index (χ0) is 9.97. The van der Waals surface area contributed by atoms with Crippen LogP contribution in [0.15, 0.2) is 16.5 Å². The molecule has 2 heterocycles. The summed E-state index contributed by atoms with van der Waals surface area (Å²) in [5.41, 5.74) is 0. The van der Waals surface area contributed by atoms with Crippen LogP contribution in [0.2, 0.25) is 0 Å². The summed E-state index contributed by atoms with van der Waals surface area (Å²) >= 11 is 0. The molecule has 1 unspecified atom stereocenters. The van der Waals surface area contributed by atoms with Crippen LogP contribution in [0.5, 0.6) is 0 Å². The van der Waals surface area contributed by atoms with Crippen LogP contribution in [0.25, 0.3) is 0 Å². The van der Waals surface area contributed by atoms with Gasteiger partial charge in [0.05, 0.1) is 12.7 Å². The molecule has 0 spiro atoms. The van der Waals surface area contributed by atoms with E-state index in [2.05, 4.69) is 4.90 Å². The van der Waals surface area contributed by atoms with E-state index in [9.17, 15) is 4.79 Å². The first kappa shape index (κ1) is 9.27. The van der Waals surface area contributed by atoms with Crippen molar-refractivity contribution in [1.82, 2.24) is 0 Å². The molecule has 1 aliphatic rings. The summed E-state index contributed by atoms with van der Waals surface area (Å²) < 4.78 is 10.7. The van der Waals surface area contributed by atoms with Gasteiger partial charge in [0, 0.05) is 19.2 Å². The van der Waals surface area contributed by atoms with Gasteiger partial charge in [-0.05, 0) is 13.0 Å². The highest BCUT2D eigenvalue weighted by Gasteiger charge is 2.19. The van der Waals surface area contributed by atoms with Gasteiger partial charge in [-0.1, -0.05) is 0 Å². The number of morpholine rings is 1. The summed E-state index contributed by atoms with van der Waals surface area (Å²) in [6, 6.07) is 3.50. The Balaban J connectivity index is 2.09. The Hall–Kier alpha value is -1.29. The first-order valence-corrected chi connectivity index (χ1v) is 4.71. The average molecular weight is 195 g/mol.